The number of rotatable bonds is 1. The molecule has 0 saturated carbocycles. The summed E-state index contributed by atoms with van der Waals surface area (Å²) >= 11 is 0. The molecule has 1 N–H and O–H groups in total. The first-order chi connectivity index (χ1) is 7.49. The molecule has 2 aliphatic heterocycles. The summed E-state index contributed by atoms with van der Waals surface area (Å²) in [4.78, 5) is 11.1. The Kier molecular flexibility index (Phi) is 2.81. The smallest absolute Gasteiger partial charge is 0.427 e. The molecule has 0 aliphatic carbocycles. The summed E-state index contributed by atoms with van der Waals surface area (Å²) in [6, 6.07) is 0. The summed E-state index contributed by atoms with van der Waals surface area (Å²) in [5.74, 6) is 0. The van der Waals surface area contributed by atoms with E-state index in [0.717, 1.165) is 0 Å². The van der Waals surface area contributed by atoms with Gasteiger partial charge >= 0.3 is 6.16 Å². The van der Waals surface area contributed by atoms with Gasteiger partial charge < -0.3 is 24.1 Å². The van der Waals surface area contributed by atoms with E-state index in [9.17, 15) is 9.90 Å². The van der Waals surface area contributed by atoms with Crippen molar-refractivity contribution in [2.75, 3.05) is 7.11 Å². The van der Waals surface area contributed by atoms with Gasteiger partial charge in [0.2, 0.25) is 0 Å². The van der Waals surface area contributed by atoms with Crippen LogP contribution in [0.15, 0.2) is 0 Å². The molecule has 0 unspecified atom stereocenters. The minimum atomic E-state index is -1.06. The first-order valence-electron chi connectivity index (χ1n) is 5.25. The maximum absolute atomic E-state index is 11.1. The molecule has 1 spiro atoms. The molecule has 0 amide bonds. The molecular weight excluding hydrogens is 216 g/mol. The molecule has 0 aromatic rings. The lowest BCUT2D eigenvalue weighted by Gasteiger charge is -2.43. The Balaban J connectivity index is 2.27. The Labute approximate surface area is 93.4 Å². The second-order valence-electron chi connectivity index (χ2n) is 4.27. The van der Waals surface area contributed by atoms with Crippen molar-refractivity contribution < 1.29 is 28.8 Å². The third-order valence-corrected chi connectivity index (χ3v) is 3.20. The van der Waals surface area contributed by atoms with Gasteiger partial charge in [-0.3, -0.25) is 0 Å². The van der Waals surface area contributed by atoms with E-state index in [2.05, 4.69) is 0 Å². The fourth-order valence-corrected chi connectivity index (χ4v) is 2.35. The summed E-state index contributed by atoms with van der Waals surface area (Å²) in [5.41, 5.74) is -1.06. The van der Waals surface area contributed by atoms with Crippen molar-refractivity contribution >= 4 is 6.16 Å². The lowest BCUT2D eigenvalue weighted by atomic mass is 9.83. The molecule has 2 rings (SSSR count). The van der Waals surface area contributed by atoms with E-state index in [1.54, 1.807) is 6.92 Å². The Morgan fingerprint density at radius 1 is 1.50 bits per heavy atom. The fraction of sp³-hybridized carbons (Fsp3) is 0.900. The summed E-state index contributed by atoms with van der Waals surface area (Å²) in [6.07, 6.45) is -2.91. The number of hydrogen-bond acceptors (Lipinski definition) is 6. The summed E-state index contributed by atoms with van der Waals surface area (Å²) in [6.45, 7) is 3.53. The highest BCUT2D eigenvalue weighted by Crippen LogP contribution is 2.40. The number of aliphatic hydroxyl groups is 1. The molecule has 6 heteroatoms. The van der Waals surface area contributed by atoms with Crippen molar-refractivity contribution in [2.24, 2.45) is 0 Å². The monoisotopic (exact) mass is 232 g/mol. The predicted octanol–water partition coefficient (Wildman–Crippen LogP) is 0.423. The van der Waals surface area contributed by atoms with Crippen molar-refractivity contribution in [2.45, 2.75) is 50.5 Å². The van der Waals surface area contributed by atoms with Crippen LogP contribution in [0.25, 0.3) is 0 Å². The van der Waals surface area contributed by atoms with E-state index in [4.69, 9.17) is 18.9 Å². The second kappa shape index (κ2) is 3.87. The number of carbonyl (C=O) groups excluding carboxylic acids is 1. The van der Waals surface area contributed by atoms with Crippen molar-refractivity contribution in [3.05, 3.63) is 0 Å². The fourth-order valence-electron chi connectivity index (χ4n) is 2.35. The average Bonchev–Trinajstić information content (AvgIpc) is 2.48. The zero-order valence-corrected chi connectivity index (χ0v) is 9.50. The number of carbonyl (C=O) groups is 1. The Hall–Kier alpha value is -0.850. The van der Waals surface area contributed by atoms with Gasteiger partial charge in [-0.05, 0) is 13.8 Å². The summed E-state index contributed by atoms with van der Waals surface area (Å²) in [5, 5.41) is 10.1. The lowest BCUT2D eigenvalue weighted by molar-refractivity contribution is -0.283. The van der Waals surface area contributed by atoms with Gasteiger partial charge in [-0.2, -0.15) is 0 Å². The van der Waals surface area contributed by atoms with Gasteiger partial charge in [0.1, 0.15) is 12.2 Å². The van der Waals surface area contributed by atoms with Gasteiger partial charge in [0, 0.05) is 13.5 Å². The first-order valence-corrected chi connectivity index (χ1v) is 5.25. The van der Waals surface area contributed by atoms with Crippen LogP contribution in [0.5, 0.6) is 0 Å². The molecule has 2 aliphatic rings. The van der Waals surface area contributed by atoms with E-state index >= 15 is 0 Å². The van der Waals surface area contributed by atoms with Crippen LogP contribution in [0.1, 0.15) is 20.3 Å². The topological polar surface area (TPSA) is 74.2 Å². The highest BCUT2D eigenvalue weighted by atomic mass is 16.8. The predicted molar refractivity (Wildman–Crippen MR) is 51.7 cm³/mol. The van der Waals surface area contributed by atoms with Crippen LogP contribution in [-0.4, -0.2) is 48.6 Å². The van der Waals surface area contributed by atoms with Crippen molar-refractivity contribution in [1.29, 1.82) is 0 Å². The molecule has 92 valence electrons. The van der Waals surface area contributed by atoms with Crippen LogP contribution >= 0.6 is 0 Å². The maximum atomic E-state index is 11.1. The normalized spacial score (nSPS) is 47.9. The van der Waals surface area contributed by atoms with Crippen LogP contribution in [0.2, 0.25) is 0 Å². The largest absolute Gasteiger partial charge is 0.509 e. The maximum Gasteiger partial charge on any atom is 0.509 e. The Morgan fingerprint density at radius 2 is 2.19 bits per heavy atom. The minimum absolute atomic E-state index is 0.176. The second-order valence-corrected chi connectivity index (χ2v) is 4.27. The van der Waals surface area contributed by atoms with Crippen molar-refractivity contribution in [3.63, 3.8) is 0 Å². The number of methoxy groups -OCH3 is 1. The van der Waals surface area contributed by atoms with Gasteiger partial charge in [0.25, 0.3) is 0 Å². The highest BCUT2D eigenvalue weighted by Gasteiger charge is 2.60. The molecule has 5 atom stereocenters. The van der Waals surface area contributed by atoms with Crippen molar-refractivity contribution in [1.82, 2.24) is 0 Å². The van der Waals surface area contributed by atoms with E-state index in [1.165, 1.54) is 7.11 Å². The zero-order valence-electron chi connectivity index (χ0n) is 9.50. The van der Waals surface area contributed by atoms with Gasteiger partial charge in [-0.1, -0.05) is 0 Å². The third kappa shape index (κ3) is 1.57. The van der Waals surface area contributed by atoms with Crippen LogP contribution in [0.4, 0.5) is 4.79 Å². The number of ether oxygens (including phenoxy) is 4. The first kappa shape index (κ1) is 11.6. The number of hydrogen-bond donors (Lipinski definition) is 1. The number of aliphatic hydroxyl groups excluding tert-OH is 1. The van der Waals surface area contributed by atoms with Crippen LogP contribution < -0.4 is 0 Å². The van der Waals surface area contributed by atoms with Crippen LogP contribution in [-0.2, 0) is 18.9 Å². The molecule has 2 fully saturated rings. The Bertz CT molecular complexity index is 293. The molecular formula is C10H16O6. The number of cyclic esters (lactones) is 1. The minimum Gasteiger partial charge on any atom is -0.427 e. The van der Waals surface area contributed by atoms with Crippen LogP contribution in [0, 0.1) is 0 Å². The molecule has 16 heavy (non-hydrogen) atoms. The average molecular weight is 232 g/mol. The van der Waals surface area contributed by atoms with E-state index in [1.807, 2.05) is 6.92 Å². The van der Waals surface area contributed by atoms with Gasteiger partial charge in [-0.15, -0.1) is 0 Å². The summed E-state index contributed by atoms with van der Waals surface area (Å²) in [7, 11) is 1.43. The molecule has 0 bridgehead atoms. The standard InChI is InChI=1S/C10H16O6/c1-5-4-10(6(2)15-9(12)16-10)7(11)8(13-3)14-5/h5-8,11H,4H2,1-3H3/t5-,6-,7-,8+,10+/m1/s1. The quantitative estimate of drug-likeness (QED) is 0.660. The van der Waals surface area contributed by atoms with Crippen LogP contribution in [0.3, 0.4) is 0 Å². The van der Waals surface area contributed by atoms with E-state index in [0.29, 0.717) is 6.42 Å². The highest BCUT2D eigenvalue weighted by molar-refractivity contribution is 5.63. The van der Waals surface area contributed by atoms with Gasteiger partial charge in [0.05, 0.1) is 6.10 Å². The van der Waals surface area contributed by atoms with Crippen molar-refractivity contribution in [3.8, 4) is 0 Å². The van der Waals surface area contributed by atoms with E-state index < -0.39 is 30.3 Å². The Morgan fingerprint density at radius 3 is 2.69 bits per heavy atom. The SMILES string of the molecule is CO[C@H]1O[C@H](C)C[C@@]2(OC(=O)O[C@@H]2C)[C@@H]1O. The van der Waals surface area contributed by atoms with Gasteiger partial charge in [0.15, 0.2) is 11.9 Å². The van der Waals surface area contributed by atoms with E-state index in [-0.39, 0.29) is 6.10 Å². The third-order valence-electron chi connectivity index (χ3n) is 3.20. The molecule has 0 aromatic carbocycles. The molecule has 6 nitrogen and oxygen atoms in total. The molecule has 0 radical (unpaired) electrons. The summed E-state index contributed by atoms with van der Waals surface area (Å²) < 4.78 is 20.5. The molecule has 0 aromatic heterocycles. The lowest BCUT2D eigenvalue weighted by Crippen LogP contribution is -2.61. The molecule has 2 heterocycles. The molecule has 2 saturated heterocycles. The zero-order chi connectivity index (χ0) is 11.9. The van der Waals surface area contributed by atoms with Gasteiger partial charge in [-0.25, -0.2) is 4.79 Å².